The van der Waals surface area contributed by atoms with E-state index in [1.807, 2.05) is 6.26 Å². The van der Waals surface area contributed by atoms with Crippen molar-refractivity contribution < 1.29 is 13.5 Å². The Morgan fingerprint density at radius 1 is 1.40 bits per heavy atom. The second-order valence-electron chi connectivity index (χ2n) is 5.08. The fourth-order valence-corrected chi connectivity index (χ4v) is 4.49. The van der Waals surface area contributed by atoms with Gasteiger partial charge in [0.2, 0.25) is 0 Å². The normalized spacial score (nSPS) is 18.3. The van der Waals surface area contributed by atoms with E-state index in [4.69, 9.17) is 5.11 Å². The highest BCUT2D eigenvalue weighted by Crippen LogP contribution is 2.39. The zero-order chi connectivity index (χ0) is 14.6. The SMILES string of the molecule is CSC1(CNS(=O)(=O)c2ccc(CO)cn2)CCCC1. The average molecular weight is 316 g/mol. The van der Waals surface area contributed by atoms with Crippen LogP contribution in [0.25, 0.3) is 0 Å². The van der Waals surface area contributed by atoms with Gasteiger partial charge in [-0.1, -0.05) is 18.9 Å². The van der Waals surface area contributed by atoms with Crippen molar-refractivity contribution in [3.8, 4) is 0 Å². The summed E-state index contributed by atoms with van der Waals surface area (Å²) >= 11 is 1.74. The number of nitrogens with zero attached hydrogens (tertiary/aromatic N) is 1. The Morgan fingerprint density at radius 3 is 2.60 bits per heavy atom. The van der Waals surface area contributed by atoms with Crippen molar-refractivity contribution >= 4 is 21.8 Å². The zero-order valence-electron chi connectivity index (χ0n) is 11.5. The van der Waals surface area contributed by atoms with Crippen LogP contribution in [0.15, 0.2) is 23.4 Å². The molecule has 0 aromatic carbocycles. The van der Waals surface area contributed by atoms with E-state index in [0.717, 1.165) is 25.7 Å². The molecule has 1 aromatic heterocycles. The summed E-state index contributed by atoms with van der Waals surface area (Å²) in [7, 11) is -3.58. The molecule has 1 fully saturated rings. The standard InChI is InChI=1S/C13H20N2O3S2/c1-19-13(6-2-3-7-13)10-15-20(17,18)12-5-4-11(9-16)8-14-12/h4-5,8,15-16H,2-3,6-7,9-10H2,1H3. The summed E-state index contributed by atoms with van der Waals surface area (Å²) in [5.41, 5.74) is 0.598. The lowest BCUT2D eigenvalue weighted by molar-refractivity contribution is 0.281. The second kappa shape index (κ2) is 6.43. The summed E-state index contributed by atoms with van der Waals surface area (Å²) in [6, 6.07) is 3.00. The molecule has 0 unspecified atom stereocenters. The van der Waals surface area contributed by atoms with E-state index >= 15 is 0 Å². The third-order valence-electron chi connectivity index (χ3n) is 3.79. The van der Waals surface area contributed by atoms with Gasteiger partial charge < -0.3 is 5.11 Å². The van der Waals surface area contributed by atoms with Crippen molar-refractivity contribution in [3.05, 3.63) is 23.9 Å². The van der Waals surface area contributed by atoms with Gasteiger partial charge in [-0.15, -0.1) is 0 Å². The molecule has 0 aliphatic heterocycles. The van der Waals surface area contributed by atoms with Crippen LogP contribution in [0.1, 0.15) is 31.2 Å². The van der Waals surface area contributed by atoms with Crippen molar-refractivity contribution in [1.82, 2.24) is 9.71 Å². The van der Waals surface area contributed by atoms with E-state index in [-0.39, 0.29) is 16.4 Å². The minimum absolute atomic E-state index is 0.00366. The summed E-state index contributed by atoms with van der Waals surface area (Å²) < 4.78 is 27.1. The minimum atomic E-state index is -3.58. The molecule has 0 amide bonds. The molecule has 2 rings (SSSR count). The first-order valence-corrected chi connectivity index (χ1v) is 9.33. The molecule has 5 nitrogen and oxygen atoms in total. The number of thioether (sulfide) groups is 1. The lowest BCUT2D eigenvalue weighted by atomic mass is 10.1. The lowest BCUT2D eigenvalue weighted by Crippen LogP contribution is -2.38. The van der Waals surface area contributed by atoms with Gasteiger partial charge in [0.1, 0.15) is 0 Å². The van der Waals surface area contributed by atoms with Gasteiger partial charge in [0, 0.05) is 17.5 Å². The third kappa shape index (κ3) is 3.52. The Balaban J connectivity index is 2.06. The lowest BCUT2D eigenvalue weighted by Gasteiger charge is -2.26. The fraction of sp³-hybridized carbons (Fsp3) is 0.615. The third-order valence-corrected chi connectivity index (χ3v) is 6.52. The van der Waals surface area contributed by atoms with Crippen LogP contribution >= 0.6 is 11.8 Å². The number of nitrogens with one attached hydrogen (secondary N) is 1. The van der Waals surface area contributed by atoms with E-state index in [1.54, 1.807) is 17.8 Å². The maximum atomic E-state index is 12.2. The Labute approximate surface area is 124 Å². The van der Waals surface area contributed by atoms with Gasteiger partial charge in [-0.3, -0.25) is 0 Å². The first-order valence-electron chi connectivity index (χ1n) is 6.62. The van der Waals surface area contributed by atoms with Crippen molar-refractivity contribution in [2.24, 2.45) is 0 Å². The molecule has 2 N–H and O–H groups in total. The van der Waals surface area contributed by atoms with Gasteiger partial charge in [-0.2, -0.15) is 11.8 Å². The Bertz CT molecular complexity index is 537. The molecule has 112 valence electrons. The van der Waals surface area contributed by atoms with Crippen molar-refractivity contribution in [3.63, 3.8) is 0 Å². The van der Waals surface area contributed by atoms with Gasteiger partial charge in [-0.05, 0) is 30.7 Å². The Kier molecular flexibility index (Phi) is 5.06. The van der Waals surface area contributed by atoms with Crippen molar-refractivity contribution in [1.29, 1.82) is 0 Å². The molecule has 1 heterocycles. The van der Waals surface area contributed by atoms with Crippen LogP contribution in [0.4, 0.5) is 0 Å². The maximum absolute atomic E-state index is 12.2. The highest BCUT2D eigenvalue weighted by molar-refractivity contribution is 8.00. The molecule has 20 heavy (non-hydrogen) atoms. The van der Waals surface area contributed by atoms with Crippen molar-refractivity contribution in [2.75, 3.05) is 12.8 Å². The quantitative estimate of drug-likeness (QED) is 0.832. The van der Waals surface area contributed by atoms with Gasteiger partial charge >= 0.3 is 0 Å². The molecule has 0 atom stereocenters. The number of aliphatic hydroxyl groups excluding tert-OH is 1. The fourth-order valence-electron chi connectivity index (χ4n) is 2.44. The maximum Gasteiger partial charge on any atom is 0.258 e. The molecule has 7 heteroatoms. The van der Waals surface area contributed by atoms with Gasteiger partial charge in [0.15, 0.2) is 5.03 Å². The molecular formula is C13H20N2O3S2. The largest absolute Gasteiger partial charge is 0.392 e. The zero-order valence-corrected chi connectivity index (χ0v) is 13.1. The summed E-state index contributed by atoms with van der Waals surface area (Å²) in [4.78, 5) is 3.90. The first-order chi connectivity index (χ1) is 9.51. The van der Waals surface area contributed by atoms with E-state index in [0.29, 0.717) is 12.1 Å². The number of aromatic nitrogens is 1. The highest BCUT2D eigenvalue weighted by Gasteiger charge is 2.34. The van der Waals surface area contributed by atoms with Gasteiger partial charge in [0.05, 0.1) is 6.61 Å². The van der Waals surface area contributed by atoms with E-state index < -0.39 is 10.0 Å². The predicted octanol–water partition coefficient (Wildman–Crippen LogP) is 1.53. The Morgan fingerprint density at radius 2 is 2.10 bits per heavy atom. The van der Waals surface area contributed by atoms with Gasteiger partial charge in [0.25, 0.3) is 10.0 Å². The number of hydrogen-bond donors (Lipinski definition) is 2. The Hall–Kier alpha value is -0.630. The molecule has 0 spiro atoms. The molecule has 1 aliphatic carbocycles. The average Bonchev–Trinajstić information content (AvgIpc) is 2.95. The number of aliphatic hydroxyl groups is 1. The van der Waals surface area contributed by atoms with Crippen LogP contribution in [0.3, 0.4) is 0 Å². The molecule has 0 radical (unpaired) electrons. The first kappa shape index (κ1) is 15.8. The monoisotopic (exact) mass is 316 g/mol. The van der Waals surface area contributed by atoms with Crippen LogP contribution in [0.2, 0.25) is 0 Å². The summed E-state index contributed by atoms with van der Waals surface area (Å²) in [5.74, 6) is 0. The minimum Gasteiger partial charge on any atom is -0.392 e. The second-order valence-corrected chi connectivity index (χ2v) is 8.07. The topological polar surface area (TPSA) is 79.3 Å². The summed E-state index contributed by atoms with van der Waals surface area (Å²) in [6.07, 6.45) is 7.83. The number of hydrogen-bond acceptors (Lipinski definition) is 5. The highest BCUT2D eigenvalue weighted by atomic mass is 32.2. The molecule has 1 aliphatic rings. The molecular weight excluding hydrogens is 296 g/mol. The van der Waals surface area contributed by atoms with Crippen LogP contribution in [-0.2, 0) is 16.6 Å². The molecule has 0 saturated heterocycles. The summed E-state index contributed by atoms with van der Waals surface area (Å²) in [5, 5.41) is 8.94. The van der Waals surface area contributed by atoms with Crippen molar-refractivity contribution in [2.45, 2.75) is 42.1 Å². The van der Waals surface area contributed by atoms with E-state index in [2.05, 4.69) is 9.71 Å². The van der Waals surface area contributed by atoms with Gasteiger partial charge in [-0.25, -0.2) is 18.1 Å². The molecule has 1 aromatic rings. The van der Waals surface area contributed by atoms with E-state index in [9.17, 15) is 8.42 Å². The number of rotatable bonds is 6. The predicted molar refractivity (Wildman–Crippen MR) is 80.1 cm³/mol. The van der Waals surface area contributed by atoms with Crippen LogP contribution in [-0.4, -0.2) is 36.1 Å². The molecule has 1 saturated carbocycles. The molecule has 0 bridgehead atoms. The van der Waals surface area contributed by atoms with Crippen LogP contribution in [0, 0.1) is 0 Å². The smallest absolute Gasteiger partial charge is 0.258 e. The van der Waals surface area contributed by atoms with E-state index in [1.165, 1.54) is 12.3 Å². The number of pyridine rings is 1. The summed E-state index contributed by atoms with van der Waals surface area (Å²) in [6.45, 7) is 0.302. The number of sulfonamides is 1. The van der Waals surface area contributed by atoms with Crippen LogP contribution < -0.4 is 4.72 Å². The van der Waals surface area contributed by atoms with Crippen LogP contribution in [0.5, 0.6) is 0 Å².